The van der Waals surface area contributed by atoms with Gasteiger partial charge in [-0.15, -0.1) is 0 Å². The Hall–Kier alpha value is -2.11. The number of nitrogens with two attached hydrogens (primary N) is 1. The van der Waals surface area contributed by atoms with Crippen LogP contribution in [-0.2, 0) is 6.54 Å². The topological polar surface area (TPSA) is 93.5 Å². The van der Waals surface area contributed by atoms with Crippen molar-refractivity contribution in [1.29, 1.82) is 0 Å². The van der Waals surface area contributed by atoms with Gasteiger partial charge in [0.05, 0.1) is 11.5 Å². The van der Waals surface area contributed by atoms with Crippen molar-refractivity contribution in [2.24, 2.45) is 10.7 Å². The third kappa shape index (κ3) is 3.94. The molecule has 1 aromatic rings. The normalized spacial score (nSPS) is 16.5. The van der Waals surface area contributed by atoms with Crippen LogP contribution in [0.4, 0.5) is 5.69 Å². The van der Waals surface area contributed by atoms with Gasteiger partial charge in [-0.3, -0.25) is 10.1 Å². The SMILES string of the molecule is NC(=NCc1cccc([N+](=O)[O-])c1)NC1CCCC1. The van der Waals surface area contributed by atoms with E-state index in [1.807, 2.05) is 0 Å². The van der Waals surface area contributed by atoms with Crippen molar-refractivity contribution < 1.29 is 4.92 Å². The summed E-state index contributed by atoms with van der Waals surface area (Å²) in [6, 6.07) is 6.87. The summed E-state index contributed by atoms with van der Waals surface area (Å²) in [5.41, 5.74) is 6.67. The molecule has 0 spiro atoms. The van der Waals surface area contributed by atoms with E-state index < -0.39 is 4.92 Å². The molecule has 0 saturated heterocycles. The molecule has 0 atom stereocenters. The predicted octanol–water partition coefficient (Wildman–Crippen LogP) is 1.94. The number of rotatable bonds is 4. The molecule has 1 fully saturated rings. The fourth-order valence-corrected chi connectivity index (χ4v) is 2.27. The first kappa shape index (κ1) is 13.3. The molecule has 1 aromatic carbocycles. The zero-order valence-electron chi connectivity index (χ0n) is 10.7. The number of hydrogen-bond donors (Lipinski definition) is 2. The maximum atomic E-state index is 10.7. The molecule has 1 saturated carbocycles. The van der Waals surface area contributed by atoms with E-state index in [1.54, 1.807) is 12.1 Å². The van der Waals surface area contributed by atoms with Crippen LogP contribution < -0.4 is 11.1 Å². The third-order valence-electron chi connectivity index (χ3n) is 3.26. The van der Waals surface area contributed by atoms with Crippen LogP contribution in [0.15, 0.2) is 29.3 Å². The number of aliphatic imine (C=N–C) groups is 1. The molecule has 0 bridgehead atoms. The number of nitrogens with one attached hydrogen (secondary N) is 1. The second kappa shape index (κ2) is 6.17. The Labute approximate surface area is 111 Å². The fourth-order valence-electron chi connectivity index (χ4n) is 2.27. The van der Waals surface area contributed by atoms with Gasteiger partial charge < -0.3 is 11.1 Å². The quantitative estimate of drug-likeness (QED) is 0.375. The van der Waals surface area contributed by atoms with Crippen LogP contribution >= 0.6 is 0 Å². The van der Waals surface area contributed by atoms with E-state index in [4.69, 9.17) is 5.73 Å². The van der Waals surface area contributed by atoms with Crippen molar-refractivity contribution >= 4 is 11.6 Å². The molecule has 0 unspecified atom stereocenters. The molecule has 102 valence electrons. The molecule has 1 aliphatic rings. The number of nitro benzene ring substituents is 1. The summed E-state index contributed by atoms with van der Waals surface area (Å²) in [4.78, 5) is 14.5. The van der Waals surface area contributed by atoms with E-state index >= 15 is 0 Å². The number of nitrogens with zero attached hydrogens (tertiary/aromatic N) is 2. The van der Waals surface area contributed by atoms with E-state index in [0.29, 0.717) is 18.5 Å². The van der Waals surface area contributed by atoms with Gasteiger partial charge in [0.15, 0.2) is 5.96 Å². The molecule has 0 radical (unpaired) electrons. The first-order valence-corrected chi connectivity index (χ1v) is 6.45. The highest BCUT2D eigenvalue weighted by molar-refractivity contribution is 5.78. The lowest BCUT2D eigenvalue weighted by atomic mass is 10.2. The van der Waals surface area contributed by atoms with E-state index in [-0.39, 0.29) is 5.69 Å². The van der Waals surface area contributed by atoms with Gasteiger partial charge in [-0.2, -0.15) is 0 Å². The van der Waals surface area contributed by atoms with E-state index in [1.165, 1.54) is 25.0 Å². The first-order valence-electron chi connectivity index (χ1n) is 6.45. The zero-order valence-corrected chi connectivity index (χ0v) is 10.7. The maximum absolute atomic E-state index is 10.7. The van der Waals surface area contributed by atoms with Gasteiger partial charge in [-0.1, -0.05) is 25.0 Å². The highest BCUT2D eigenvalue weighted by Crippen LogP contribution is 2.17. The molecule has 2 rings (SSSR count). The molecule has 0 heterocycles. The van der Waals surface area contributed by atoms with Crippen LogP contribution in [0, 0.1) is 10.1 Å². The molecule has 6 heteroatoms. The van der Waals surface area contributed by atoms with Gasteiger partial charge in [-0.25, -0.2) is 4.99 Å². The van der Waals surface area contributed by atoms with Crippen LogP contribution in [-0.4, -0.2) is 16.9 Å². The van der Waals surface area contributed by atoms with Gasteiger partial charge in [0.1, 0.15) is 0 Å². The van der Waals surface area contributed by atoms with Crippen LogP contribution in [0.25, 0.3) is 0 Å². The molecule has 19 heavy (non-hydrogen) atoms. The Morgan fingerprint density at radius 3 is 2.89 bits per heavy atom. The third-order valence-corrected chi connectivity index (χ3v) is 3.26. The summed E-state index contributed by atoms with van der Waals surface area (Å²) in [6.07, 6.45) is 4.73. The van der Waals surface area contributed by atoms with E-state index in [2.05, 4.69) is 10.3 Å². The highest BCUT2D eigenvalue weighted by Gasteiger charge is 2.14. The van der Waals surface area contributed by atoms with Gasteiger partial charge in [0, 0.05) is 18.2 Å². The number of benzene rings is 1. The molecule has 0 aromatic heterocycles. The Morgan fingerprint density at radius 2 is 2.21 bits per heavy atom. The Kier molecular flexibility index (Phi) is 4.33. The van der Waals surface area contributed by atoms with Crippen molar-refractivity contribution in [2.45, 2.75) is 38.3 Å². The van der Waals surface area contributed by atoms with Crippen molar-refractivity contribution in [3.8, 4) is 0 Å². The number of hydrogen-bond acceptors (Lipinski definition) is 3. The van der Waals surface area contributed by atoms with Crippen LogP contribution in [0.2, 0.25) is 0 Å². The molecular weight excluding hydrogens is 244 g/mol. The van der Waals surface area contributed by atoms with Crippen LogP contribution in [0.3, 0.4) is 0 Å². The van der Waals surface area contributed by atoms with E-state index in [0.717, 1.165) is 18.4 Å². The summed E-state index contributed by atoms with van der Waals surface area (Å²) in [5, 5.41) is 13.8. The lowest BCUT2D eigenvalue weighted by Crippen LogP contribution is -2.38. The Balaban J connectivity index is 1.92. The molecular formula is C13H18N4O2. The molecule has 0 amide bonds. The van der Waals surface area contributed by atoms with E-state index in [9.17, 15) is 10.1 Å². The summed E-state index contributed by atoms with van der Waals surface area (Å²) < 4.78 is 0. The molecule has 6 nitrogen and oxygen atoms in total. The summed E-state index contributed by atoms with van der Waals surface area (Å²) in [7, 11) is 0. The number of guanidine groups is 1. The van der Waals surface area contributed by atoms with Crippen LogP contribution in [0.1, 0.15) is 31.2 Å². The minimum atomic E-state index is -0.409. The Bertz CT molecular complexity index is 481. The van der Waals surface area contributed by atoms with Gasteiger partial charge >= 0.3 is 0 Å². The molecule has 3 N–H and O–H groups in total. The predicted molar refractivity (Wildman–Crippen MR) is 73.8 cm³/mol. The van der Waals surface area contributed by atoms with Crippen LogP contribution in [0.5, 0.6) is 0 Å². The number of nitro groups is 1. The fraction of sp³-hybridized carbons (Fsp3) is 0.462. The summed E-state index contributed by atoms with van der Waals surface area (Å²) in [5.74, 6) is 0.415. The van der Waals surface area contributed by atoms with Gasteiger partial charge in [0.25, 0.3) is 5.69 Å². The minimum absolute atomic E-state index is 0.0787. The smallest absolute Gasteiger partial charge is 0.269 e. The largest absolute Gasteiger partial charge is 0.370 e. The summed E-state index contributed by atoms with van der Waals surface area (Å²) >= 11 is 0. The molecule has 1 aliphatic carbocycles. The monoisotopic (exact) mass is 262 g/mol. The minimum Gasteiger partial charge on any atom is -0.370 e. The highest BCUT2D eigenvalue weighted by atomic mass is 16.6. The zero-order chi connectivity index (χ0) is 13.7. The molecule has 0 aliphatic heterocycles. The van der Waals surface area contributed by atoms with Gasteiger partial charge in [-0.05, 0) is 18.4 Å². The van der Waals surface area contributed by atoms with Crippen molar-refractivity contribution in [2.75, 3.05) is 0 Å². The second-order valence-electron chi connectivity index (χ2n) is 4.75. The van der Waals surface area contributed by atoms with Crippen molar-refractivity contribution in [3.05, 3.63) is 39.9 Å². The second-order valence-corrected chi connectivity index (χ2v) is 4.75. The van der Waals surface area contributed by atoms with Crippen molar-refractivity contribution in [1.82, 2.24) is 5.32 Å². The average molecular weight is 262 g/mol. The number of non-ortho nitro benzene ring substituents is 1. The first-order chi connectivity index (χ1) is 9.15. The lowest BCUT2D eigenvalue weighted by Gasteiger charge is -2.12. The standard InChI is InChI=1S/C13H18N4O2/c14-13(16-11-5-1-2-6-11)15-9-10-4-3-7-12(8-10)17(18)19/h3-4,7-8,11H,1-2,5-6,9H2,(H3,14,15,16). The average Bonchev–Trinajstić information content (AvgIpc) is 2.89. The van der Waals surface area contributed by atoms with Crippen molar-refractivity contribution in [3.63, 3.8) is 0 Å². The lowest BCUT2D eigenvalue weighted by molar-refractivity contribution is -0.384. The summed E-state index contributed by atoms with van der Waals surface area (Å²) in [6.45, 7) is 0.354. The maximum Gasteiger partial charge on any atom is 0.269 e. The van der Waals surface area contributed by atoms with Gasteiger partial charge in [0.2, 0.25) is 0 Å². The Morgan fingerprint density at radius 1 is 1.47 bits per heavy atom.